The van der Waals surface area contributed by atoms with E-state index in [9.17, 15) is 4.79 Å². The van der Waals surface area contributed by atoms with Crippen molar-refractivity contribution in [1.82, 2.24) is 14.8 Å². The zero-order valence-corrected chi connectivity index (χ0v) is 18.7. The van der Waals surface area contributed by atoms with Gasteiger partial charge >= 0.3 is 0 Å². The lowest BCUT2D eigenvalue weighted by Gasteiger charge is -2.34. The van der Waals surface area contributed by atoms with Gasteiger partial charge in [-0.2, -0.15) is 0 Å². The van der Waals surface area contributed by atoms with Crippen LogP contribution in [0.4, 0.5) is 0 Å². The number of pyridine rings is 1. The Balaban J connectivity index is 1.29. The molecule has 0 N–H and O–H groups in total. The van der Waals surface area contributed by atoms with Crippen molar-refractivity contribution in [3.63, 3.8) is 0 Å². The number of aromatic nitrogens is 1. The Morgan fingerprint density at radius 1 is 1.12 bits per heavy atom. The molecule has 1 fully saturated rings. The maximum absolute atomic E-state index is 12.5. The first kappa shape index (κ1) is 21.3. The second kappa shape index (κ2) is 9.50. The first-order chi connectivity index (χ1) is 16.2. The van der Waals surface area contributed by atoms with Crippen molar-refractivity contribution in [2.75, 3.05) is 39.8 Å². The maximum atomic E-state index is 12.5. The second-order valence-corrected chi connectivity index (χ2v) is 8.17. The Kier molecular flexibility index (Phi) is 6.13. The molecule has 0 spiro atoms. The molecule has 0 radical (unpaired) electrons. The van der Waals surface area contributed by atoms with E-state index in [0.717, 1.165) is 59.9 Å². The van der Waals surface area contributed by atoms with Gasteiger partial charge in [0, 0.05) is 50.0 Å². The van der Waals surface area contributed by atoms with Crippen molar-refractivity contribution in [1.29, 1.82) is 0 Å². The van der Waals surface area contributed by atoms with Crippen LogP contribution < -0.4 is 9.47 Å². The molecular formula is C26H27N3O4. The second-order valence-electron chi connectivity index (χ2n) is 8.17. The van der Waals surface area contributed by atoms with Crippen LogP contribution in [-0.4, -0.2) is 60.5 Å². The molecule has 2 aromatic heterocycles. The minimum atomic E-state index is -0.0325. The van der Waals surface area contributed by atoms with Crippen LogP contribution in [0.1, 0.15) is 33.8 Å². The van der Waals surface area contributed by atoms with Crippen LogP contribution >= 0.6 is 0 Å². The summed E-state index contributed by atoms with van der Waals surface area (Å²) in [6.45, 7) is 4.47. The van der Waals surface area contributed by atoms with Gasteiger partial charge in [-0.25, -0.2) is 0 Å². The highest BCUT2D eigenvalue weighted by atomic mass is 16.5. The minimum Gasteiger partial charge on any atom is -0.497 e. The van der Waals surface area contributed by atoms with Gasteiger partial charge in [-0.05, 0) is 48.4 Å². The van der Waals surface area contributed by atoms with E-state index in [1.54, 1.807) is 25.4 Å². The number of nitrogens with zero attached hydrogens (tertiary/aromatic N) is 3. The van der Waals surface area contributed by atoms with Gasteiger partial charge in [-0.1, -0.05) is 12.1 Å². The van der Waals surface area contributed by atoms with Gasteiger partial charge in [0.25, 0.3) is 5.91 Å². The summed E-state index contributed by atoms with van der Waals surface area (Å²) in [4.78, 5) is 21.3. The summed E-state index contributed by atoms with van der Waals surface area (Å²) < 4.78 is 16.8. The van der Waals surface area contributed by atoms with Gasteiger partial charge < -0.3 is 18.8 Å². The number of carbonyl (C=O) groups excluding carboxylic acids is 1. The average Bonchev–Trinajstić information content (AvgIpc) is 3.36. The molecule has 0 bridgehead atoms. The van der Waals surface area contributed by atoms with Crippen LogP contribution in [0.3, 0.4) is 0 Å². The topological polar surface area (TPSA) is 68.0 Å². The number of hydrogen-bond donors (Lipinski definition) is 0. The van der Waals surface area contributed by atoms with E-state index in [1.807, 2.05) is 29.2 Å². The van der Waals surface area contributed by atoms with Gasteiger partial charge in [0.05, 0.1) is 19.1 Å². The smallest absolute Gasteiger partial charge is 0.289 e. The van der Waals surface area contributed by atoms with Crippen LogP contribution in [0.15, 0.2) is 65.4 Å². The molecule has 7 heteroatoms. The molecule has 1 aromatic carbocycles. The molecule has 7 nitrogen and oxygen atoms in total. The third kappa shape index (κ3) is 4.50. The van der Waals surface area contributed by atoms with Crippen molar-refractivity contribution < 1.29 is 18.7 Å². The molecule has 1 saturated heterocycles. The van der Waals surface area contributed by atoms with E-state index in [1.165, 1.54) is 6.26 Å². The predicted molar refractivity (Wildman–Crippen MR) is 124 cm³/mol. The lowest BCUT2D eigenvalue weighted by Crippen LogP contribution is -2.48. The van der Waals surface area contributed by atoms with Crippen molar-refractivity contribution >= 4 is 11.5 Å². The highest BCUT2D eigenvalue weighted by Gasteiger charge is 2.24. The van der Waals surface area contributed by atoms with Crippen LogP contribution in [0.2, 0.25) is 0 Å². The Morgan fingerprint density at radius 2 is 2.00 bits per heavy atom. The first-order valence-electron chi connectivity index (χ1n) is 11.2. The van der Waals surface area contributed by atoms with Crippen molar-refractivity contribution in [2.24, 2.45) is 0 Å². The van der Waals surface area contributed by atoms with E-state index in [0.29, 0.717) is 25.5 Å². The van der Waals surface area contributed by atoms with Crippen LogP contribution in [-0.2, 0) is 6.61 Å². The first-order valence-corrected chi connectivity index (χ1v) is 11.2. The predicted octanol–water partition coefficient (Wildman–Crippen LogP) is 3.86. The monoisotopic (exact) mass is 445 g/mol. The summed E-state index contributed by atoms with van der Waals surface area (Å²) in [6, 6.07) is 13.4. The number of rotatable bonds is 5. The number of furan rings is 1. The Hall–Kier alpha value is -3.58. The lowest BCUT2D eigenvalue weighted by atomic mass is 9.95. The van der Waals surface area contributed by atoms with Crippen molar-refractivity contribution in [2.45, 2.75) is 13.0 Å². The maximum Gasteiger partial charge on any atom is 0.289 e. The molecular weight excluding hydrogens is 418 g/mol. The molecule has 170 valence electrons. The molecule has 5 rings (SSSR count). The largest absolute Gasteiger partial charge is 0.497 e. The Morgan fingerprint density at radius 3 is 2.79 bits per heavy atom. The number of carbonyl (C=O) groups is 1. The number of piperazine rings is 1. The molecule has 0 unspecified atom stereocenters. The molecule has 0 atom stereocenters. The number of methoxy groups -OCH3 is 1. The van der Waals surface area contributed by atoms with Gasteiger partial charge in [0.1, 0.15) is 18.1 Å². The number of hydrogen-bond acceptors (Lipinski definition) is 6. The van der Waals surface area contributed by atoms with Gasteiger partial charge in [0.15, 0.2) is 5.76 Å². The summed E-state index contributed by atoms with van der Waals surface area (Å²) in [5.74, 6) is 2.01. The van der Waals surface area contributed by atoms with Gasteiger partial charge in [-0.15, -0.1) is 0 Å². The van der Waals surface area contributed by atoms with E-state index < -0.39 is 0 Å². The molecule has 33 heavy (non-hydrogen) atoms. The Bertz CT molecular complexity index is 1150. The number of fused-ring (bicyclic) bond motifs is 2. The summed E-state index contributed by atoms with van der Waals surface area (Å²) in [5, 5.41) is 0. The standard InChI is InChI=1S/C26H27N3O4/c1-31-19-8-9-24-22(17-19)20(21-5-2-10-27-23(21)18-33-24)6-3-11-28-12-14-29(15-13-28)26(30)25-7-4-16-32-25/h2,4-10,16-17H,3,11-15,18H2,1H3/b20-6+. The molecule has 0 aliphatic carbocycles. The molecule has 2 aliphatic heterocycles. The molecule has 2 aliphatic rings. The van der Waals surface area contributed by atoms with E-state index >= 15 is 0 Å². The summed E-state index contributed by atoms with van der Waals surface area (Å²) >= 11 is 0. The third-order valence-corrected chi connectivity index (χ3v) is 6.21. The molecule has 1 amide bonds. The average molecular weight is 446 g/mol. The zero-order valence-electron chi connectivity index (χ0n) is 18.7. The number of benzene rings is 1. The third-order valence-electron chi connectivity index (χ3n) is 6.21. The number of amides is 1. The lowest BCUT2D eigenvalue weighted by molar-refractivity contribution is 0.0608. The highest BCUT2D eigenvalue weighted by molar-refractivity contribution is 5.91. The summed E-state index contributed by atoms with van der Waals surface area (Å²) in [5.41, 5.74) is 4.17. The van der Waals surface area contributed by atoms with Gasteiger partial charge in [0.2, 0.25) is 0 Å². The van der Waals surface area contributed by atoms with E-state index in [-0.39, 0.29) is 5.91 Å². The van der Waals surface area contributed by atoms with Gasteiger partial charge in [-0.3, -0.25) is 14.7 Å². The normalized spacial score (nSPS) is 17.1. The summed E-state index contributed by atoms with van der Waals surface area (Å²) in [7, 11) is 1.68. The fourth-order valence-corrected chi connectivity index (χ4v) is 4.40. The van der Waals surface area contributed by atoms with Crippen molar-refractivity contribution in [3.05, 3.63) is 83.6 Å². The fourth-order valence-electron chi connectivity index (χ4n) is 4.40. The summed E-state index contributed by atoms with van der Waals surface area (Å²) in [6.07, 6.45) is 6.50. The van der Waals surface area contributed by atoms with Crippen LogP contribution in [0.5, 0.6) is 11.5 Å². The van der Waals surface area contributed by atoms with Crippen LogP contribution in [0, 0.1) is 0 Å². The fraction of sp³-hybridized carbons (Fsp3) is 0.308. The molecule has 3 aromatic rings. The zero-order chi connectivity index (χ0) is 22.6. The Labute approximate surface area is 193 Å². The quantitative estimate of drug-likeness (QED) is 0.594. The minimum absolute atomic E-state index is 0.0325. The SMILES string of the molecule is COc1ccc2c(c1)/C(=C/CCN1CCN(C(=O)c3ccco3)CC1)c1cccnc1CO2. The molecule has 0 saturated carbocycles. The van der Waals surface area contributed by atoms with Crippen LogP contribution in [0.25, 0.3) is 5.57 Å². The highest BCUT2D eigenvalue weighted by Crippen LogP contribution is 2.38. The molecule has 4 heterocycles. The van der Waals surface area contributed by atoms with Crippen molar-refractivity contribution in [3.8, 4) is 11.5 Å². The van der Waals surface area contributed by atoms with E-state index in [2.05, 4.69) is 22.0 Å². The number of ether oxygens (including phenoxy) is 2. The van der Waals surface area contributed by atoms with E-state index in [4.69, 9.17) is 13.9 Å².